The molecule has 7 nitrogen and oxygen atoms in total. The van der Waals surface area contributed by atoms with E-state index in [0.717, 1.165) is 29.8 Å². The van der Waals surface area contributed by atoms with Crippen molar-refractivity contribution in [2.45, 2.75) is 57.2 Å². The summed E-state index contributed by atoms with van der Waals surface area (Å²) < 4.78 is 28.8. The average molecular weight is 474 g/mol. The van der Waals surface area contributed by atoms with Crippen LogP contribution in [0, 0.1) is 5.92 Å². The second-order valence-corrected chi connectivity index (χ2v) is 12.0. The minimum Gasteiger partial charge on any atom is -0.444 e. The molecule has 0 saturated carbocycles. The Labute approximate surface area is 197 Å². The summed E-state index contributed by atoms with van der Waals surface area (Å²) in [5.74, 6) is 0.330. The molecule has 33 heavy (non-hydrogen) atoms. The fourth-order valence-electron chi connectivity index (χ4n) is 4.25. The van der Waals surface area contributed by atoms with Gasteiger partial charge in [-0.3, -0.25) is 9.88 Å². The second-order valence-electron chi connectivity index (χ2n) is 10.0. The molecular formula is C25H35N3O4S. The van der Waals surface area contributed by atoms with Crippen LogP contribution >= 0.6 is 0 Å². The maximum atomic E-state index is 12.4. The van der Waals surface area contributed by atoms with Gasteiger partial charge in [-0.05, 0) is 63.9 Å². The molecule has 0 spiro atoms. The van der Waals surface area contributed by atoms with Crippen LogP contribution in [0.5, 0.6) is 0 Å². The van der Waals surface area contributed by atoms with Crippen molar-refractivity contribution in [1.29, 1.82) is 0 Å². The number of amides is 1. The lowest BCUT2D eigenvalue weighted by molar-refractivity contribution is 0.00580. The molecule has 0 N–H and O–H groups in total. The van der Waals surface area contributed by atoms with Crippen molar-refractivity contribution in [3.63, 3.8) is 0 Å². The quantitative estimate of drug-likeness (QED) is 0.647. The Morgan fingerprint density at radius 2 is 1.85 bits per heavy atom. The number of nitrogens with zero attached hydrogens (tertiary/aromatic N) is 3. The van der Waals surface area contributed by atoms with Crippen LogP contribution in [0.2, 0.25) is 0 Å². The van der Waals surface area contributed by atoms with Gasteiger partial charge in [-0.1, -0.05) is 25.1 Å². The number of ether oxygens (including phenoxy) is 1. The highest BCUT2D eigenvalue weighted by Gasteiger charge is 2.33. The van der Waals surface area contributed by atoms with Crippen molar-refractivity contribution >= 4 is 15.9 Å². The maximum Gasteiger partial charge on any atom is 0.410 e. The molecule has 1 amide bonds. The topological polar surface area (TPSA) is 79.8 Å². The van der Waals surface area contributed by atoms with E-state index >= 15 is 0 Å². The van der Waals surface area contributed by atoms with Crippen LogP contribution in [0.15, 0.2) is 47.5 Å². The van der Waals surface area contributed by atoms with Crippen LogP contribution in [-0.4, -0.2) is 67.3 Å². The zero-order valence-corrected chi connectivity index (χ0v) is 21.2. The molecule has 2 atom stereocenters. The van der Waals surface area contributed by atoms with Crippen LogP contribution < -0.4 is 0 Å². The molecule has 1 aromatic carbocycles. The number of hydrogen-bond acceptors (Lipinski definition) is 6. The molecule has 1 saturated heterocycles. The SMILES string of the molecule is C[C@@H]1CN(C(=O)OC(C)(C)C)CCC1N(C)Cc1ccc(-c2ccc(S(C)(=O)=O)cc2)nc1. The lowest BCUT2D eigenvalue weighted by Crippen LogP contribution is -2.51. The van der Waals surface area contributed by atoms with Crippen LogP contribution in [0.3, 0.4) is 0 Å². The Morgan fingerprint density at radius 3 is 2.36 bits per heavy atom. The molecule has 0 radical (unpaired) electrons. The van der Waals surface area contributed by atoms with Crippen molar-refractivity contribution in [3.8, 4) is 11.3 Å². The van der Waals surface area contributed by atoms with Gasteiger partial charge in [-0.25, -0.2) is 13.2 Å². The number of likely N-dealkylation sites (tertiary alicyclic amines) is 1. The van der Waals surface area contributed by atoms with Crippen LogP contribution in [0.1, 0.15) is 39.7 Å². The van der Waals surface area contributed by atoms with Crippen LogP contribution in [-0.2, 0) is 21.1 Å². The summed E-state index contributed by atoms with van der Waals surface area (Å²) >= 11 is 0. The molecule has 180 valence electrons. The molecule has 2 heterocycles. The Hall–Kier alpha value is -2.45. The molecule has 1 aliphatic rings. The first-order valence-corrected chi connectivity index (χ1v) is 13.2. The summed E-state index contributed by atoms with van der Waals surface area (Å²) in [7, 11) is -1.10. The van der Waals surface area contributed by atoms with Crippen molar-refractivity contribution in [3.05, 3.63) is 48.2 Å². The van der Waals surface area contributed by atoms with Crippen molar-refractivity contribution in [1.82, 2.24) is 14.8 Å². The Balaban J connectivity index is 1.58. The molecule has 0 aliphatic carbocycles. The van der Waals surface area contributed by atoms with Gasteiger partial charge in [0.1, 0.15) is 5.60 Å². The first-order valence-electron chi connectivity index (χ1n) is 11.3. The van der Waals surface area contributed by atoms with Gasteiger partial charge >= 0.3 is 6.09 Å². The minimum atomic E-state index is -3.21. The van der Waals surface area contributed by atoms with Gasteiger partial charge in [0.15, 0.2) is 9.84 Å². The number of hydrogen-bond donors (Lipinski definition) is 0. The highest BCUT2D eigenvalue weighted by molar-refractivity contribution is 7.90. The van der Waals surface area contributed by atoms with E-state index in [1.165, 1.54) is 6.26 Å². The second kappa shape index (κ2) is 9.81. The van der Waals surface area contributed by atoms with Crippen molar-refractivity contribution in [2.24, 2.45) is 5.92 Å². The van der Waals surface area contributed by atoms with Gasteiger partial charge in [0.25, 0.3) is 0 Å². The van der Waals surface area contributed by atoms with Gasteiger partial charge in [-0.15, -0.1) is 0 Å². The third kappa shape index (κ3) is 6.77. The maximum absolute atomic E-state index is 12.4. The molecule has 1 aromatic heterocycles. The molecule has 1 aliphatic heterocycles. The number of rotatable bonds is 5. The molecule has 2 aromatic rings. The standard InChI is InChI=1S/C25H35N3O4S/c1-18-16-28(24(29)32-25(2,3)4)14-13-23(18)27(5)17-19-7-12-22(26-15-19)20-8-10-21(11-9-20)33(6,30)31/h7-12,15,18,23H,13-14,16-17H2,1-6H3/t18-,23?/m1/s1. The Bertz CT molecular complexity index is 1060. The van der Waals surface area contributed by atoms with E-state index in [1.807, 2.05) is 37.9 Å². The molecular weight excluding hydrogens is 438 g/mol. The largest absolute Gasteiger partial charge is 0.444 e. The van der Waals surface area contributed by atoms with E-state index in [-0.39, 0.29) is 6.09 Å². The summed E-state index contributed by atoms with van der Waals surface area (Å²) in [4.78, 5) is 21.4. The van der Waals surface area contributed by atoms with Gasteiger partial charge in [0, 0.05) is 43.7 Å². The fourth-order valence-corrected chi connectivity index (χ4v) is 4.88. The van der Waals surface area contributed by atoms with E-state index in [1.54, 1.807) is 24.3 Å². The third-order valence-corrected chi connectivity index (χ3v) is 7.04. The number of carbonyl (C=O) groups excluding carboxylic acids is 1. The summed E-state index contributed by atoms with van der Waals surface area (Å²) in [6.45, 7) is 9.98. The predicted molar refractivity (Wildman–Crippen MR) is 130 cm³/mol. The third-order valence-electron chi connectivity index (χ3n) is 5.91. The summed E-state index contributed by atoms with van der Waals surface area (Å²) in [5, 5.41) is 0. The van der Waals surface area contributed by atoms with E-state index < -0.39 is 15.4 Å². The van der Waals surface area contributed by atoms with Crippen LogP contribution in [0.25, 0.3) is 11.3 Å². The average Bonchev–Trinajstić information content (AvgIpc) is 2.72. The number of sulfone groups is 1. The number of carbonyl (C=O) groups is 1. The van der Waals surface area contributed by atoms with Crippen molar-refractivity contribution in [2.75, 3.05) is 26.4 Å². The van der Waals surface area contributed by atoms with Gasteiger partial charge in [0.05, 0.1) is 10.6 Å². The zero-order chi connectivity index (χ0) is 24.4. The predicted octanol–water partition coefficient (Wildman–Crippen LogP) is 4.23. The van der Waals surface area contributed by atoms with Crippen molar-refractivity contribution < 1.29 is 17.9 Å². The lowest BCUT2D eigenvalue weighted by Gasteiger charge is -2.41. The highest BCUT2D eigenvalue weighted by Crippen LogP contribution is 2.25. The molecule has 1 unspecified atom stereocenters. The summed E-state index contributed by atoms with van der Waals surface area (Å²) in [5.41, 5.74) is 2.31. The number of pyridine rings is 1. The number of piperidine rings is 1. The smallest absolute Gasteiger partial charge is 0.410 e. The molecule has 0 bridgehead atoms. The van der Waals surface area contributed by atoms with E-state index in [2.05, 4.69) is 29.9 Å². The first kappa shape index (κ1) is 25.2. The van der Waals surface area contributed by atoms with Crippen LogP contribution in [0.4, 0.5) is 4.79 Å². The van der Waals surface area contributed by atoms with E-state index in [4.69, 9.17) is 4.74 Å². The minimum absolute atomic E-state index is 0.236. The summed E-state index contributed by atoms with van der Waals surface area (Å²) in [6, 6.07) is 11.2. The fraction of sp³-hybridized carbons (Fsp3) is 0.520. The van der Waals surface area contributed by atoms with E-state index in [9.17, 15) is 13.2 Å². The monoisotopic (exact) mass is 473 g/mol. The Kier molecular flexibility index (Phi) is 7.49. The number of benzene rings is 1. The normalized spacial score (nSPS) is 19.5. The Morgan fingerprint density at radius 1 is 1.18 bits per heavy atom. The number of aromatic nitrogens is 1. The van der Waals surface area contributed by atoms with Gasteiger partial charge in [0.2, 0.25) is 0 Å². The zero-order valence-electron chi connectivity index (χ0n) is 20.4. The van der Waals surface area contributed by atoms with Gasteiger partial charge < -0.3 is 9.64 Å². The van der Waals surface area contributed by atoms with E-state index in [0.29, 0.717) is 29.9 Å². The first-order chi connectivity index (χ1) is 15.3. The lowest BCUT2D eigenvalue weighted by atomic mass is 9.92. The molecule has 8 heteroatoms. The highest BCUT2D eigenvalue weighted by atomic mass is 32.2. The molecule has 1 fully saturated rings. The molecule has 3 rings (SSSR count). The van der Waals surface area contributed by atoms with Gasteiger partial charge in [-0.2, -0.15) is 0 Å². The summed E-state index contributed by atoms with van der Waals surface area (Å²) in [6.07, 6.45) is 3.74.